The number of ether oxygens (including phenoxy) is 2. The standard InChI is InChI=1S/C17H17N3O3S/c1-22-11-2-3-13-10(8-11)9-12-14(18)15(24-16(12)19-13)17(21)20-4-6-23-7-5-20/h2-3,8-9H,4-7,18H2,1H3. The molecule has 0 unspecified atom stereocenters. The molecule has 0 saturated carbocycles. The van der Waals surface area contributed by atoms with Crippen molar-refractivity contribution < 1.29 is 14.3 Å². The van der Waals surface area contributed by atoms with Gasteiger partial charge in [0.25, 0.3) is 5.91 Å². The first kappa shape index (κ1) is 15.2. The number of aromatic nitrogens is 1. The number of pyridine rings is 1. The topological polar surface area (TPSA) is 77.7 Å². The zero-order chi connectivity index (χ0) is 16.7. The Labute approximate surface area is 142 Å². The molecule has 2 N–H and O–H groups in total. The van der Waals surface area contributed by atoms with E-state index in [0.29, 0.717) is 36.9 Å². The predicted molar refractivity (Wildman–Crippen MR) is 94.8 cm³/mol. The number of nitrogens with zero attached hydrogens (tertiary/aromatic N) is 2. The molecule has 1 aliphatic heterocycles. The molecule has 3 aromatic rings. The summed E-state index contributed by atoms with van der Waals surface area (Å²) in [4.78, 5) is 20.5. The maximum atomic E-state index is 12.7. The van der Waals surface area contributed by atoms with Gasteiger partial charge in [-0.2, -0.15) is 0 Å². The Hall–Kier alpha value is -2.38. The third-order valence-corrected chi connectivity index (χ3v) is 5.32. The molecule has 1 fully saturated rings. The Balaban J connectivity index is 1.81. The first-order valence-electron chi connectivity index (χ1n) is 7.71. The van der Waals surface area contributed by atoms with Crippen LogP contribution < -0.4 is 10.5 Å². The van der Waals surface area contributed by atoms with E-state index < -0.39 is 0 Å². The second-order valence-electron chi connectivity index (χ2n) is 5.65. The first-order valence-corrected chi connectivity index (χ1v) is 8.53. The van der Waals surface area contributed by atoms with E-state index >= 15 is 0 Å². The number of nitrogens with two attached hydrogens (primary N) is 1. The van der Waals surface area contributed by atoms with Crippen molar-refractivity contribution in [3.63, 3.8) is 0 Å². The number of carbonyl (C=O) groups excluding carboxylic acids is 1. The number of morpholine rings is 1. The predicted octanol–water partition coefficient (Wildman–Crippen LogP) is 2.51. The highest BCUT2D eigenvalue weighted by Crippen LogP contribution is 2.36. The quantitative estimate of drug-likeness (QED) is 0.773. The second-order valence-corrected chi connectivity index (χ2v) is 6.65. The van der Waals surface area contributed by atoms with Crippen LogP contribution in [0.25, 0.3) is 21.1 Å². The zero-order valence-corrected chi connectivity index (χ0v) is 14.1. The molecule has 3 heterocycles. The number of amides is 1. The van der Waals surface area contributed by atoms with Gasteiger partial charge in [0.2, 0.25) is 0 Å². The van der Waals surface area contributed by atoms with E-state index in [2.05, 4.69) is 4.98 Å². The third-order valence-electron chi connectivity index (χ3n) is 4.21. The van der Waals surface area contributed by atoms with Crippen molar-refractivity contribution in [2.75, 3.05) is 39.1 Å². The van der Waals surface area contributed by atoms with Crippen LogP contribution in [0.15, 0.2) is 24.3 Å². The van der Waals surface area contributed by atoms with Gasteiger partial charge in [-0.1, -0.05) is 0 Å². The Bertz CT molecular complexity index is 932. The lowest BCUT2D eigenvalue weighted by molar-refractivity contribution is 0.0307. The Morgan fingerprint density at radius 1 is 1.33 bits per heavy atom. The number of hydrogen-bond donors (Lipinski definition) is 1. The van der Waals surface area contributed by atoms with Crippen molar-refractivity contribution in [2.45, 2.75) is 0 Å². The summed E-state index contributed by atoms with van der Waals surface area (Å²) in [6.07, 6.45) is 0. The number of methoxy groups -OCH3 is 1. The fraction of sp³-hybridized carbons (Fsp3) is 0.294. The van der Waals surface area contributed by atoms with Crippen LogP contribution in [0.3, 0.4) is 0 Å². The second kappa shape index (κ2) is 5.92. The minimum absolute atomic E-state index is 0.0413. The van der Waals surface area contributed by atoms with E-state index in [1.165, 1.54) is 11.3 Å². The highest BCUT2D eigenvalue weighted by molar-refractivity contribution is 7.21. The molecular weight excluding hydrogens is 326 g/mol. The number of nitrogen functional groups attached to an aromatic ring is 1. The van der Waals surface area contributed by atoms with Crippen molar-refractivity contribution in [1.82, 2.24) is 9.88 Å². The minimum atomic E-state index is -0.0413. The fourth-order valence-electron chi connectivity index (χ4n) is 2.88. The molecule has 24 heavy (non-hydrogen) atoms. The summed E-state index contributed by atoms with van der Waals surface area (Å²) >= 11 is 1.35. The third kappa shape index (κ3) is 2.46. The first-order chi connectivity index (χ1) is 11.7. The number of carbonyl (C=O) groups is 1. The molecule has 2 aromatic heterocycles. The van der Waals surface area contributed by atoms with Crippen LogP contribution in [0.2, 0.25) is 0 Å². The van der Waals surface area contributed by atoms with Gasteiger partial charge in [-0.25, -0.2) is 4.98 Å². The van der Waals surface area contributed by atoms with Gasteiger partial charge in [-0.05, 0) is 24.3 Å². The van der Waals surface area contributed by atoms with E-state index in [0.717, 1.165) is 26.9 Å². The van der Waals surface area contributed by atoms with Crippen LogP contribution in [-0.4, -0.2) is 49.2 Å². The summed E-state index contributed by atoms with van der Waals surface area (Å²) in [7, 11) is 1.63. The van der Waals surface area contributed by atoms with Gasteiger partial charge in [0.1, 0.15) is 15.5 Å². The minimum Gasteiger partial charge on any atom is -0.497 e. The number of hydrogen-bond acceptors (Lipinski definition) is 6. The average molecular weight is 343 g/mol. The summed E-state index contributed by atoms with van der Waals surface area (Å²) in [5, 5.41) is 1.76. The Kier molecular flexibility index (Phi) is 3.74. The molecule has 0 bridgehead atoms. The van der Waals surface area contributed by atoms with E-state index in [4.69, 9.17) is 15.2 Å². The van der Waals surface area contributed by atoms with E-state index in [1.807, 2.05) is 24.3 Å². The van der Waals surface area contributed by atoms with Crippen LogP contribution in [0.5, 0.6) is 5.75 Å². The summed E-state index contributed by atoms with van der Waals surface area (Å²) in [5.74, 6) is 0.725. The molecule has 0 atom stereocenters. The lowest BCUT2D eigenvalue weighted by atomic mass is 10.1. The van der Waals surface area contributed by atoms with Gasteiger partial charge >= 0.3 is 0 Å². The van der Waals surface area contributed by atoms with Crippen LogP contribution in [-0.2, 0) is 4.74 Å². The van der Waals surface area contributed by atoms with Crippen LogP contribution in [0.1, 0.15) is 9.67 Å². The van der Waals surface area contributed by atoms with Gasteiger partial charge in [0, 0.05) is 23.9 Å². The Morgan fingerprint density at radius 3 is 2.88 bits per heavy atom. The zero-order valence-electron chi connectivity index (χ0n) is 13.2. The van der Waals surface area contributed by atoms with Crippen molar-refractivity contribution in [3.8, 4) is 5.75 Å². The smallest absolute Gasteiger partial charge is 0.266 e. The van der Waals surface area contributed by atoms with Crippen molar-refractivity contribution in [2.24, 2.45) is 0 Å². The fourth-order valence-corrected chi connectivity index (χ4v) is 3.93. The van der Waals surface area contributed by atoms with Crippen LogP contribution in [0, 0.1) is 0 Å². The highest BCUT2D eigenvalue weighted by atomic mass is 32.1. The molecule has 4 rings (SSSR count). The van der Waals surface area contributed by atoms with Crippen LogP contribution in [0.4, 0.5) is 5.69 Å². The largest absolute Gasteiger partial charge is 0.497 e. The summed E-state index contributed by atoms with van der Waals surface area (Å²) in [6, 6.07) is 7.68. The number of benzene rings is 1. The average Bonchev–Trinajstić information content (AvgIpc) is 2.95. The molecule has 1 amide bonds. The van der Waals surface area contributed by atoms with E-state index in [9.17, 15) is 4.79 Å². The number of thiophene rings is 1. The van der Waals surface area contributed by atoms with E-state index in [-0.39, 0.29) is 5.91 Å². The Morgan fingerprint density at radius 2 is 2.12 bits per heavy atom. The van der Waals surface area contributed by atoms with Gasteiger partial charge < -0.3 is 20.1 Å². The van der Waals surface area contributed by atoms with Crippen molar-refractivity contribution in [3.05, 3.63) is 29.1 Å². The molecule has 0 radical (unpaired) electrons. The van der Waals surface area contributed by atoms with Gasteiger partial charge in [-0.15, -0.1) is 11.3 Å². The van der Waals surface area contributed by atoms with Gasteiger partial charge in [0.15, 0.2) is 0 Å². The summed E-state index contributed by atoms with van der Waals surface area (Å²) < 4.78 is 10.6. The molecule has 1 saturated heterocycles. The molecule has 124 valence electrons. The normalized spacial score (nSPS) is 15.1. The number of rotatable bonds is 2. The lowest BCUT2D eigenvalue weighted by Crippen LogP contribution is -2.40. The maximum Gasteiger partial charge on any atom is 0.266 e. The van der Waals surface area contributed by atoms with Crippen LogP contribution >= 0.6 is 11.3 Å². The summed E-state index contributed by atoms with van der Waals surface area (Å²) in [6.45, 7) is 2.33. The monoisotopic (exact) mass is 343 g/mol. The molecule has 0 spiro atoms. The van der Waals surface area contributed by atoms with E-state index in [1.54, 1.807) is 12.0 Å². The number of fused-ring (bicyclic) bond motifs is 2. The lowest BCUT2D eigenvalue weighted by Gasteiger charge is -2.26. The molecular formula is C17H17N3O3S. The molecule has 1 aromatic carbocycles. The SMILES string of the molecule is COc1ccc2nc3sc(C(=O)N4CCOCC4)c(N)c3cc2c1. The highest BCUT2D eigenvalue weighted by Gasteiger charge is 2.24. The van der Waals surface area contributed by atoms with Crippen molar-refractivity contribution >= 4 is 44.1 Å². The number of anilines is 1. The van der Waals surface area contributed by atoms with Gasteiger partial charge in [-0.3, -0.25) is 4.79 Å². The molecule has 6 nitrogen and oxygen atoms in total. The molecule has 7 heteroatoms. The summed E-state index contributed by atoms with van der Waals surface area (Å²) in [5.41, 5.74) is 7.63. The molecule has 0 aliphatic carbocycles. The molecule has 1 aliphatic rings. The van der Waals surface area contributed by atoms with Crippen molar-refractivity contribution in [1.29, 1.82) is 0 Å². The maximum absolute atomic E-state index is 12.7. The van der Waals surface area contributed by atoms with Gasteiger partial charge in [0.05, 0.1) is 31.5 Å².